The van der Waals surface area contributed by atoms with Crippen molar-refractivity contribution in [3.05, 3.63) is 59.7 Å². The van der Waals surface area contributed by atoms with Crippen LogP contribution in [-0.4, -0.2) is 6.04 Å². The van der Waals surface area contributed by atoms with Gasteiger partial charge in [0.1, 0.15) is 11.5 Å². The third-order valence-corrected chi connectivity index (χ3v) is 3.18. The lowest BCUT2D eigenvalue weighted by atomic mass is 10.0. The summed E-state index contributed by atoms with van der Waals surface area (Å²) < 4.78 is 5.85. The molecule has 108 valence electrons. The fourth-order valence-electron chi connectivity index (χ4n) is 1.93. The molecule has 2 rings (SSSR count). The second kappa shape index (κ2) is 7.93. The van der Waals surface area contributed by atoms with E-state index >= 15 is 0 Å². The molecule has 0 aliphatic heterocycles. The monoisotopic (exact) mass is 291 g/mol. The lowest BCUT2D eigenvalue weighted by Gasteiger charge is -2.11. The molecule has 2 aromatic rings. The van der Waals surface area contributed by atoms with Crippen molar-refractivity contribution in [3.8, 4) is 11.5 Å². The molecule has 0 fully saturated rings. The Balaban J connectivity index is 0.00000200. The second-order valence-corrected chi connectivity index (χ2v) is 4.93. The number of benzene rings is 2. The highest BCUT2D eigenvalue weighted by atomic mass is 35.5. The van der Waals surface area contributed by atoms with E-state index in [9.17, 15) is 0 Å². The number of halogens is 1. The van der Waals surface area contributed by atoms with Gasteiger partial charge in [0.15, 0.2) is 0 Å². The molecule has 3 heteroatoms. The Bertz CT molecular complexity index is 525. The van der Waals surface area contributed by atoms with Crippen LogP contribution in [0.4, 0.5) is 0 Å². The third-order valence-electron chi connectivity index (χ3n) is 3.18. The van der Waals surface area contributed by atoms with Crippen LogP contribution < -0.4 is 10.5 Å². The van der Waals surface area contributed by atoms with Crippen molar-refractivity contribution in [1.29, 1.82) is 0 Å². The first kappa shape index (κ1) is 16.5. The molecule has 0 radical (unpaired) electrons. The number of aryl methyl sites for hydroxylation is 1. The highest BCUT2D eigenvalue weighted by molar-refractivity contribution is 5.85. The molecular weight excluding hydrogens is 270 g/mol. The van der Waals surface area contributed by atoms with Gasteiger partial charge in [0.25, 0.3) is 0 Å². The average molecular weight is 292 g/mol. The maximum atomic E-state index is 5.98. The van der Waals surface area contributed by atoms with E-state index in [0.717, 1.165) is 24.3 Å². The Morgan fingerprint density at radius 2 is 1.75 bits per heavy atom. The summed E-state index contributed by atoms with van der Waals surface area (Å²) in [5.41, 5.74) is 8.44. The van der Waals surface area contributed by atoms with E-state index in [4.69, 9.17) is 10.5 Å². The molecular formula is C17H22ClNO. The summed E-state index contributed by atoms with van der Waals surface area (Å²) in [5.74, 6) is 1.73. The van der Waals surface area contributed by atoms with Crippen LogP contribution >= 0.6 is 12.4 Å². The minimum atomic E-state index is 0. The Hall–Kier alpha value is -1.51. The van der Waals surface area contributed by atoms with Crippen LogP contribution in [0.2, 0.25) is 0 Å². The normalized spacial score (nSPS) is 11.6. The van der Waals surface area contributed by atoms with E-state index in [-0.39, 0.29) is 18.4 Å². The van der Waals surface area contributed by atoms with Crippen molar-refractivity contribution in [1.82, 2.24) is 0 Å². The predicted octanol–water partition coefficient (Wildman–Crippen LogP) is 4.49. The van der Waals surface area contributed by atoms with Gasteiger partial charge in [-0.1, -0.05) is 36.8 Å². The van der Waals surface area contributed by atoms with Gasteiger partial charge in [0.05, 0.1) is 0 Å². The third kappa shape index (κ3) is 4.87. The first-order chi connectivity index (χ1) is 9.17. The number of ether oxygens (including phenoxy) is 1. The minimum Gasteiger partial charge on any atom is -0.457 e. The van der Waals surface area contributed by atoms with Gasteiger partial charge in [0.2, 0.25) is 0 Å². The summed E-state index contributed by atoms with van der Waals surface area (Å²) in [6, 6.07) is 16.4. The van der Waals surface area contributed by atoms with Gasteiger partial charge in [-0.3, -0.25) is 0 Å². The largest absolute Gasteiger partial charge is 0.457 e. The maximum absolute atomic E-state index is 5.98. The Morgan fingerprint density at radius 3 is 2.40 bits per heavy atom. The predicted molar refractivity (Wildman–Crippen MR) is 86.9 cm³/mol. The van der Waals surface area contributed by atoms with Crippen LogP contribution in [0.25, 0.3) is 0 Å². The molecule has 1 unspecified atom stereocenters. The van der Waals surface area contributed by atoms with Crippen molar-refractivity contribution in [2.45, 2.75) is 32.7 Å². The first-order valence-corrected chi connectivity index (χ1v) is 6.76. The van der Waals surface area contributed by atoms with Crippen molar-refractivity contribution >= 4 is 12.4 Å². The van der Waals surface area contributed by atoms with Gasteiger partial charge in [-0.2, -0.15) is 0 Å². The van der Waals surface area contributed by atoms with Gasteiger partial charge in [-0.25, -0.2) is 0 Å². The zero-order valence-corrected chi connectivity index (χ0v) is 12.8. The molecule has 1 atom stereocenters. The highest BCUT2D eigenvalue weighted by Gasteiger charge is 2.03. The highest BCUT2D eigenvalue weighted by Crippen LogP contribution is 2.23. The van der Waals surface area contributed by atoms with Crippen molar-refractivity contribution < 1.29 is 4.74 Å². The molecule has 0 saturated heterocycles. The van der Waals surface area contributed by atoms with E-state index in [1.54, 1.807) is 0 Å². The van der Waals surface area contributed by atoms with Crippen LogP contribution in [0.5, 0.6) is 11.5 Å². The van der Waals surface area contributed by atoms with Crippen LogP contribution in [0.3, 0.4) is 0 Å². The van der Waals surface area contributed by atoms with Gasteiger partial charge < -0.3 is 10.5 Å². The summed E-state index contributed by atoms with van der Waals surface area (Å²) in [4.78, 5) is 0. The van der Waals surface area contributed by atoms with Crippen LogP contribution in [0.15, 0.2) is 48.5 Å². The molecule has 0 saturated carbocycles. The molecule has 20 heavy (non-hydrogen) atoms. The van der Waals surface area contributed by atoms with Crippen LogP contribution in [0.1, 0.15) is 24.5 Å². The van der Waals surface area contributed by atoms with E-state index in [0.29, 0.717) is 0 Å². The molecule has 0 spiro atoms. The standard InChI is InChI=1S/C17H21NO.ClH/c1-3-15(18)11-14-5-4-6-17(12-14)19-16-9-7-13(2)8-10-16;/h4-10,12,15H,3,11,18H2,1-2H3;1H. The van der Waals surface area contributed by atoms with E-state index in [2.05, 4.69) is 26.0 Å². The summed E-state index contributed by atoms with van der Waals surface area (Å²) in [5, 5.41) is 0. The van der Waals surface area contributed by atoms with Gasteiger partial charge >= 0.3 is 0 Å². The van der Waals surface area contributed by atoms with Crippen molar-refractivity contribution in [2.24, 2.45) is 5.73 Å². The van der Waals surface area contributed by atoms with Crippen molar-refractivity contribution in [2.75, 3.05) is 0 Å². The molecule has 2 N–H and O–H groups in total. The maximum Gasteiger partial charge on any atom is 0.127 e. The van der Waals surface area contributed by atoms with E-state index in [1.807, 2.05) is 36.4 Å². The summed E-state index contributed by atoms with van der Waals surface area (Å²) in [7, 11) is 0. The minimum absolute atomic E-state index is 0. The number of hydrogen-bond acceptors (Lipinski definition) is 2. The van der Waals surface area contributed by atoms with E-state index in [1.165, 1.54) is 11.1 Å². The molecule has 2 nitrogen and oxygen atoms in total. The van der Waals surface area contributed by atoms with Crippen LogP contribution in [0, 0.1) is 6.92 Å². The van der Waals surface area contributed by atoms with Crippen LogP contribution in [-0.2, 0) is 6.42 Å². The Labute approximate surface area is 127 Å². The molecule has 0 aliphatic rings. The number of rotatable bonds is 5. The second-order valence-electron chi connectivity index (χ2n) is 4.93. The summed E-state index contributed by atoms with van der Waals surface area (Å²) in [6.45, 7) is 4.17. The quantitative estimate of drug-likeness (QED) is 0.881. The first-order valence-electron chi connectivity index (χ1n) is 6.76. The zero-order chi connectivity index (χ0) is 13.7. The van der Waals surface area contributed by atoms with Crippen molar-refractivity contribution in [3.63, 3.8) is 0 Å². The van der Waals surface area contributed by atoms with Gasteiger partial charge in [-0.05, 0) is 49.6 Å². The topological polar surface area (TPSA) is 35.2 Å². The average Bonchev–Trinajstić information content (AvgIpc) is 2.42. The lowest BCUT2D eigenvalue weighted by molar-refractivity contribution is 0.481. The van der Waals surface area contributed by atoms with Gasteiger partial charge in [0, 0.05) is 6.04 Å². The zero-order valence-electron chi connectivity index (χ0n) is 12.0. The smallest absolute Gasteiger partial charge is 0.127 e. The fraction of sp³-hybridized carbons (Fsp3) is 0.294. The molecule has 0 heterocycles. The Kier molecular flexibility index (Phi) is 6.56. The molecule has 2 aromatic carbocycles. The molecule has 0 aliphatic carbocycles. The molecule has 0 amide bonds. The van der Waals surface area contributed by atoms with E-state index < -0.39 is 0 Å². The lowest BCUT2D eigenvalue weighted by Crippen LogP contribution is -2.21. The number of hydrogen-bond donors (Lipinski definition) is 1. The molecule has 0 bridgehead atoms. The SMILES string of the molecule is CCC(N)Cc1cccc(Oc2ccc(C)cc2)c1.Cl. The molecule has 0 aromatic heterocycles. The Morgan fingerprint density at radius 1 is 1.05 bits per heavy atom. The summed E-state index contributed by atoms with van der Waals surface area (Å²) >= 11 is 0. The van der Waals surface area contributed by atoms with Gasteiger partial charge in [-0.15, -0.1) is 12.4 Å². The summed E-state index contributed by atoms with van der Waals surface area (Å²) in [6.07, 6.45) is 1.88. The number of nitrogens with two attached hydrogens (primary N) is 1. The fourth-order valence-corrected chi connectivity index (χ4v) is 1.93.